The molecule has 2 aromatic rings. The molecule has 0 aliphatic carbocycles. The van der Waals surface area contributed by atoms with Crippen LogP contribution in [0, 0.1) is 6.92 Å². The number of aryl methyl sites for hydroxylation is 1. The first-order valence-electron chi connectivity index (χ1n) is 6.38. The number of hydrogen-bond donors (Lipinski definition) is 2. The molecule has 1 aromatic carbocycles. The lowest BCUT2D eigenvalue weighted by Crippen LogP contribution is -2.30. The van der Waals surface area contributed by atoms with Gasteiger partial charge >= 0.3 is 0 Å². The topological polar surface area (TPSA) is 77.2 Å². The molecule has 0 aliphatic rings. The van der Waals surface area contributed by atoms with Gasteiger partial charge in [-0.2, -0.15) is 0 Å². The van der Waals surface area contributed by atoms with Crippen molar-refractivity contribution in [3.63, 3.8) is 0 Å². The number of pyridine rings is 1. The van der Waals surface area contributed by atoms with Gasteiger partial charge in [0.05, 0.1) is 23.6 Å². The number of carbonyl (C=O) groups excluding carboxylic acids is 1. The molecule has 0 fully saturated rings. The molecule has 0 atom stereocenters. The molecule has 0 aliphatic heterocycles. The zero-order valence-corrected chi connectivity index (χ0v) is 11.5. The standard InChI is InChI=1S/C15H17N3O2/c1-3-20-14-7-5-4-6-12(14)13-9-8-11(10(2)17-13)15(19)18-16/h4-9H,3,16H2,1-2H3,(H,18,19). The third-order valence-electron chi connectivity index (χ3n) is 2.92. The third-order valence-corrected chi connectivity index (χ3v) is 2.92. The quantitative estimate of drug-likeness (QED) is 0.507. The minimum Gasteiger partial charge on any atom is -0.493 e. The number of aromatic nitrogens is 1. The molecule has 2 rings (SSSR count). The number of nitrogens with zero attached hydrogens (tertiary/aromatic N) is 1. The van der Waals surface area contributed by atoms with Crippen molar-refractivity contribution in [1.29, 1.82) is 0 Å². The van der Waals surface area contributed by atoms with Crippen LogP contribution in [0.5, 0.6) is 5.75 Å². The summed E-state index contributed by atoms with van der Waals surface area (Å²) in [4.78, 5) is 16.0. The Kier molecular flexibility index (Phi) is 4.32. The van der Waals surface area contributed by atoms with Crippen molar-refractivity contribution in [2.24, 2.45) is 5.84 Å². The van der Waals surface area contributed by atoms with E-state index in [1.54, 1.807) is 19.1 Å². The lowest BCUT2D eigenvalue weighted by molar-refractivity contribution is 0.0952. The van der Waals surface area contributed by atoms with E-state index in [2.05, 4.69) is 10.4 Å². The van der Waals surface area contributed by atoms with Crippen molar-refractivity contribution in [3.05, 3.63) is 47.7 Å². The molecule has 0 saturated heterocycles. The second-order valence-electron chi connectivity index (χ2n) is 4.23. The maximum absolute atomic E-state index is 11.6. The summed E-state index contributed by atoms with van der Waals surface area (Å²) in [6, 6.07) is 11.2. The minimum absolute atomic E-state index is 0.348. The Morgan fingerprint density at radius 3 is 2.70 bits per heavy atom. The van der Waals surface area contributed by atoms with Gasteiger partial charge in [-0.3, -0.25) is 15.2 Å². The second kappa shape index (κ2) is 6.16. The van der Waals surface area contributed by atoms with Crippen LogP contribution in [0.25, 0.3) is 11.3 Å². The van der Waals surface area contributed by atoms with E-state index in [0.717, 1.165) is 17.0 Å². The van der Waals surface area contributed by atoms with E-state index < -0.39 is 0 Å². The first-order valence-corrected chi connectivity index (χ1v) is 6.38. The summed E-state index contributed by atoms with van der Waals surface area (Å²) >= 11 is 0. The monoisotopic (exact) mass is 271 g/mol. The fourth-order valence-electron chi connectivity index (χ4n) is 1.99. The molecule has 1 aromatic heterocycles. The molecule has 1 heterocycles. The Bertz CT molecular complexity index is 626. The van der Waals surface area contributed by atoms with Gasteiger partial charge in [0.15, 0.2) is 0 Å². The fourth-order valence-corrected chi connectivity index (χ4v) is 1.99. The van der Waals surface area contributed by atoms with Gasteiger partial charge in [-0.05, 0) is 38.1 Å². The molecule has 0 unspecified atom stereocenters. The summed E-state index contributed by atoms with van der Waals surface area (Å²) in [6.07, 6.45) is 0. The largest absolute Gasteiger partial charge is 0.493 e. The van der Waals surface area contributed by atoms with E-state index >= 15 is 0 Å². The number of carbonyl (C=O) groups is 1. The number of hydrazine groups is 1. The highest BCUT2D eigenvalue weighted by molar-refractivity contribution is 5.95. The molecule has 3 N–H and O–H groups in total. The van der Waals surface area contributed by atoms with Crippen LogP contribution in [0.2, 0.25) is 0 Å². The SMILES string of the molecule is CCOc1ccccc1-c1ccc(C(=O)NN)c(C)n1. The predicted octanol–water partition coefficient (Wildman–Crippen LogP) is 2.06. The van der Waals surface area contributed by atoms with Gasteiger partial charge in [0, 0.05) is 5.56 Å². The molecule has 20 heavy (non-hydrogen) atoms. The van der Waals surface area contributed by atoms with Crippen LogP contribution in [-0.2, 0) is 0 Å². The molecule has 0 saturated carbocycles. The third kappa shape index (κ3) is 2.78. The Balaban J connectivity index is 2.44. The average Bonchev–Trinajstić information content (AvgIpc) is 2.47. The summed E-state index contributed by atoms with van der Waals surface area (Å²) in [5.74, 6) is 5.57. The Morgan fingerprint density at radius 1 is 1.30 bits per heavy atom. The van der Waals surface area contributed by atoms with Crippen LogP contribution >= 0.6 is 0 Å². The maximum Gasteiger partial charge on any atom is 0.267 e. The second-order valence-corrected chi connectivity index (χ2v) is 4.23. The van der Waals surface area contributed by atoms with Gasteiger partial charge < -0.3 is 4.74 Å². The predicted molar refractivity (Wildman–Crippen MR) is 77.2 cm³/mol. The van der Waals surface area contributed by atoms with Gasteiger partial charge in [-0.1, -0.05) is 12.1 Å². The Labute approximate surface area is 117 Å². The number of benzene rings is 1. The van der Waals surface area contributed by atoms with Crippen LogP contribution < -0.4 is 16.0 Å². The molecular formula is C15H17N3O2. The number of ether oxygens (including phenoxy) is 1. The number of amides is 1. The molecule has 5 heteroatoms. The van der Waals surface area contributed by atoms with Crippen LogP contribution in [0.15, 0.2) is 36.4 Å². The zero-order valence-electron chi connectivity index (χ0n) is 11.5. The smallest absolute Gasteiger partial charge is 0.267 e. The Morgan fingerprint density at radius 2 is 2.05 bits per heavy atom. The van der Waals surface area contributed by atoms with E-state index in [1.165, 1.54) is 0 Å². The van der Waals surface area contributed by atoms with Crippen molar-refractivity contribution in [2.75, 3.05) is 6.61 Å². The molecular weight excluding hydrogens is 254 g/mol. The van der Waals surface area contributed by atoms with Gasteiger partial charge in [-0.25, -0.2) is 5.84 Å². The molecule has 1 amide bonds. The van der Waals surface area contributed by atoms with E-state index in [0.29, 0.717) is 17.9 Å². The molecule has 0 bridgehead atoms. The molecule has 0 radical (unpaired) electrons. The van der Waals surface area contributed by atoms with Crippen molar-refractivity contribution >= 4 is 5.91 Å². The van der Waals surface area contributed by atoms with Crippen LogP contribution in [0.4, 0.5) is 0 Å². The number of rotatable bonds is 4. The highest BCUT2D eigenvalue weighted by atomic mass is 16.5. The number of para-hydroxylation sites is 1. The zero-order chi connectivity index (χ0) is 14.5. The van der Waals surface area contributed by atoms with Crippen molar-refractivity contribution in [2.45, 2.75) is 13.8 Å². The summed E-state index contributed by atoms with van der Waals surface area (Å²) in [5, 5.41) is 0. The minimum atomic E-state index is -0.348. The average molecular weight is 271 g/mol. The summed E-state index contributed by atoms with van der Waals surface area (Å²) in [5.41, 5.74) is 4.86. The van der Waals surface area contributed by atoms with Gasteiger partial charge in [-0.15, -0.1) is 0 Å². The van der Waals surface area contributed by atoms with Crippen molar-refractivity contribution in [1.82, 2.24) is 10.4 Å². The van der Waals surface area contributed by atoms with Crippen molar-refractivity contribution in [3.8, 4) is 17.0 Å². The Hall–Kier alpha value is -2.40. The first-order chi connectivity index (χ1) is 9.67. The number of nitrogens with two attached hydrogens (primary N) is 1. The van der Waals surface area contributed by atoms with Gasteiger partial charge in [0.1, 0.15) is 5.75 Å². The summed E-state index contributed by atoms with van der Waals surface area (Å²) < 4.78 is 5.59. The fraction of sp³-hybridized carbons (Fsp3) is 0.200. The van der Waals surface area contributed by atoms with Crippen LogP contribution in [0.1, 0.15) is 23.0 Å². The molecule has 5 nitrogen and oxygen atoms in total. The van der Waals surface area contributed by atoms with E-state index in [4.69, 9.17) is 10.6 Å². The van der Waals surface area contributed by atoms with E-state index in [9.17, 15) is 4.79 Å². The van der Waals surface area contributed by atoms with Crippen LogP contribution in [0.3, 0.4) is 0 Å². The first kappa shape index (κ1) is 14.0. The lowest BCUT2D eigenvalue weighted by Gasteiger charge is -2.11. The molecule has 104 valence electrons. The normalized spacial score (nSPS) is 10.2. The van der Waals surface area contributed by atoms with E-state index in [1.807, 2.05) is 31.2 Å². The molecule has 0 spiro atoms. The van der Waals surface area contributed by atoms with E-state index in [-0.39, 0.29) is 5.91 Å². The van der Waals surface area contributed by atoms with Crippen LogP contribution in [-0.4, -0.2) is 17.5 Å². The number of nitrogen functional groups attached to an aromatic ring is 1. The van der Waals surface area contributed by atoms with Gasteiger partial charge in [0.2, 0.25) is 0 Å². The summed E-state index contributed by atoms with van der Waals surface area (Å²) in [6.45, 7) is 4.30. The highest BCUT2D eigenvalue weighted by Crippen LogP contribution is 2.29. The van der Waals surface area contributed by atoms with Gasteiger partial charge in [0.25, 0.3) is 5.91 Å². The number of nitrogens with one attached hydrogen (secondary N) is 1. The highest BCUT2D eigenvalue weighted by Gasteiger charge is 2.12. The number of hydrogen-bond acceptors (Lipinski definition) is 4. The maximum atomic E-state index is 11.6. The van der Waals surface area contributed by atoms with Crippen molar-refractivity contribution < 1.29 is 9.53 Å². The lowest BCUT2D eigenvalue weighted by atomic mass is 10.1. The summed E-state index contributed by atoms with van der Waals surface area (Å²) in [7, 11) is 0.